The van der Waals surface area contributed by atoms with E-state index in [1.807, 2.05) is 23.0 Å². The molecular formula is C15H26F5IOS. The SMILES string of the molecule is FC(F)(F)C(F)(F)CCCSCCCCCCCCCCOI. The van der Waals surface area contributed by atoms with Crippen molar-refractivity contribution in [3.8, 4) is 0 Å². The Morgan fingerprint density at radius 2 is 1.17 bits per heavy atom. The van der Waals surface area contributed by atoms with Crippen LogP contribution >= 0.6 is 34.8 Å². The minimum Gasteiger partial charge on any atom is -0.316 e. The molecule has 0 unspecified atom stereocenters. The molecule has 0 radical (unpaired) electrons. The molecule has 0 saturated carbocycles. The lowest BCUT2D eigenvalue weighted by atomic mass is 10.1. The Kier molecular flexibility index (Phi) is 14.3. The summed E-state index contributed by atoms with van der Waals surface area (Å²) in [4.78, 5) is 0. The number of hydrogen-bond acceptors (Lipinski definition) is 2. The van der Waals surface area contributed by atoms with E-state index in [-0.39, 0.29) is 6.42 Å². The van der Waals surface area contributed by atoms with E-state index in [4.69, 9.17) is 3.07 Å². The Balaban J connectivity index is 3.25. The molecule has 23 heavy (non-hydrogen) atoms. The van der Waals surface area contributed by atoms with Crippen LogP contribution in [-0.4, -0.2) is 30.2 Å². The normalized spacial score (nSPS) is 12.8. The van der Waals surface area contributed by atoms with Gasteiger partial charge < -0.3 is 3.07 Å². The monoisotopic (exact) mass is 476 g/mol. The van der Waals surface area contributed by atoms with Crippen molar-refractivity contribution in [3.63, 3.8) is 0 Å². The van der Waals surface area contributed by atoms with Crippen molar-refractivity contribution in [2.24, 2.45) is 0 Å². The third kappa shape index (κ3) is 13.6. The summed E-state index contributed by atoms with van der Waals surface area (Å²) in [5.41, 5.74) is 0. The molecule has 0 aliphatic heterocycles. The molecule has 0 bridgehead atoms. The number of hydrogen-bond donors (Lipinski definition) is 0. The average Bonchev–Trinajstić information content (AvgIpc) is 2.46. The Hall–Kier alpha value is 0.690. The van der Waals surface area contributed by atoms with Gasteiger partial charge in [0.25, 0.3) is 0 Å². The molecule has 140 valence electrons. The van der Waals surface area contributed by atoms with Crippen molar-refractivity contribution in [1.82, 2.24) is 0 Å². The van der Waals surface area contributed by atoms with Crippen LogP contribution < -0.4 is 0 Å². The molecule has 8 heteroatoms. The van der Waals surface area contributed by atoms with Gasteiger partial charge in [-0.2, -0.15) is 33.7 Å². The summed E-state index contributed by atoms with van der Waals surface area (Å²) in [6, 6.07) is 0. The molecule has 0 amide bonds. The second-order valence-corrected chi connectivity index (χ2v) is 7.41. The summed E-state index contributed by atoms with van der Waals surface area (Å²) in [5, 5.41) is 0. The van der Waals surface area contributed by atoms with Gasteiger partial charge in [0.15, 0.2) is 0 Å². The molecule has 0 aliphatic rings. The van der Waals surface area contributed by atoms with Crippen LogP contribution in [0.5, 0.6) is 0 Å². The van der Waals surface area contributed by atoms with Gasteiger partial charge in [0.05, 0.1) is 6.61 Å². The van der Waals surface area contributed by atoms with E-state index in [1.54, 1.807) is 0 Å². The summed E-state index contributed by atoms with van der Waals surface area (Å²) in [5.74, 6) is -3.34. The molecule has 0 aromatic heterocycles. The molecule has 0 aromatic carbocycles. The number of rotatable bonds is 15. The summed E-state index contributed by atoms with van der Waals surface area (Å²) in [6.45, 7) is 0.812. The maximum absolute atomic E-state index is 12.6. The molecule has 0 rings (SSSR count). The maximum atomic E-state index is 12.6. The molecule has 0 N–H and O–H groups in total. The highest BCUT2D eigenvalue weighted by atomic mass is 127. The Morgan fingerprint density at radius 1 is 0.696 bits per heavy atom. The maximum Gasteiger partial charge on any atom is 0.453 e. The van der Waals surface area contributed by atoms with Crippen molar-refractivity contribution in [3.05, 3.63) is 0 Å². The zero-order chi connectivity index (χ0) is 17.6. The highest BCUT2D eigenvalue weighted by molar-refractivity contribution is 14.1. The van der Waals surface area contributed by atoms with E-state index in [0.29, 0.717) is 5.75 Å². The Labute approximate surface area is 154 Å². The van der Waals surface area contributed by atoms with Crippen LogP contribution in [0, 0.1) is 0 Å². The number of halogens is 6. The van der Waals surface area contributed by atoms with Gasteiger partial charge in [-0.25, -0.2) is 0 Å². The first-order valence-corrected chi connectivity index (χ1v) is 10.1. The first-order chi connectivity index (χ1) is 10.8. The lowest BCUT2D eigenvalue weighted by Crippen LogP contribution is -2.36. The zero-order valence-electron chi connectivity index (χ0n) is 13.3. The molecule has 1 nitrogen and oxygen atoms in total. The highest BCUT2D eigenvalue weighted by Crippen LogP contribution is 2.39. The molecule has 0 spiro atoms. The standard InChI is InChI=1S/C15H26F5IOS/c16-14(17,15(18,19)20)10-9-13-23-12-8-6-4-2-1-3-5-7-11-22-21/h1-13H2. The molecule has 0 saturated heterocycles. The van der Waals surface area contributed by atoms with Gasteiger partial charge in [-0.1, -0.05) is 38.5 Å². The van der Waals surface area contributed by atoms with Crippen LogP contribution in [0.4, 0.5) is 22.0 Å². The van der Waals surface area contributed by atoms with Crippen LogP contribution in [-0.2, 0) is 3.07 Å². The average molecular weight is 476 g/mol. The van der Waals surface area contributed by atoms with E-state index < -0.39 is 18.5 Å². The van der Waals surface area contributed by atoms with Gasteiger partial charge in [-0.05, 0) is 30.8 Å². The van der Waals surface area contributed by atoms with Crippen molar-refractivity contribution >= 4 is 34.8 Å². The topological polar surface area (TPSA) is 9.23 Å². The Bertz CT molecular complexity index is 277. The van der Waals surface area contributed by atoms with Gasteiger partial charge in [-0.15, -0.1) is 0 Å². The van der Waals surface area contributed by atoms with Gasteiger partial charge >= 0.3 is 12.1 Å². The van der Waals surface area contributed by atoms with Crippen LogP contribution in [0.25, 0.3) is 0 Å². The van der Waals surface area contributed by atoms with Crippen LogP contribution in [0.3, 0.4) is 0 Å². The summed E-state index contributed by atoms with van der Waals surface area (Å²) in [6.07, 6.45) is 2.59. The second-order valence-electron chi connectivity index (χ2n) is 5.56. The molecule has 0 heterocycles. The summed E-state index contributed by atoms with van der Waals surface area (Å²) >= 11 is 3.37. The van der Waals surface area contributed by atoms with Crippen molar-refractivity contribution in [1.29, 1.82) is 0 Å². The first kappa shape index (κ1) is 23.7. The predicted octanol–water partition coefficient (Wildman–Crippen LogP) is 7.18. The number of alkyl halides is 5. The van der Waals surface area contributed by atoms with Crippen molar-refractivity contribution in [2.75, 3.05) is 18.1 Å². The van der Waals surface area contributed by atoms with Gasteiger partial charge in [0, 0.05) is 6.42 Å². The van der Waals surface area contributed by atoms with E-state index in [9.17, 15) is 22.0 Å². The van der Waals surface area contributed by atoms with Crippen LogP contribution in [0.2, 0.25) is 0 Å². The molecule has 0 aliphatic carbocycles. The fourth-order valence-electron chi connectivity index (χ4n) is 2.06. The van der Waals surface area contributed by atoms with Gasteiger partial charge in [0.1, 0.15) is 23.0 Å². The van der Waals surface area contributed by atoms with E-state index >= 15 is 0 Å². The van der Waals surface area contributed by atoms with E-state index in [2.05, 4.69) is 0 Å². The minimum atomic E-state index is -5.42. The number of unbranched alkanes of at least 4 members (excludes halogenated alkanes) is 7. The van der Waals surface area contributed by atoms with Crippen LogP contribution in [0.15, 0.2) is 0 Å². The summed E-state index contributed by atoms with van der Waals surface area (Å²) < 4.78 is 66.0. The predicted molar refractivity (Wildman–Crippen MR) is 94.5 cm³/mol. The van der Waals surface area contributed by atoms with Crippen molar-refractivity contribution in [2.45, 2.75) is 76.3 Å². The molecule has 0 fully saturated rings. The minimum absolute atomic E-state index is 0.0991. The van der Waals surface area contributed by atoms with Crippen LogP contribution in [0.1, 0.15) is 64.2 Å². The second kappa shape index (κ2) is 13.9. The van der Waals surface area contributed by atoms with Crippen molar-refractivity contribution < 1.29 is 25.0 Å². The third-order valence-electron chi connectivity index (χ3n) is 3.45. The molecular weight excluding hydrogens is 450 g/mol. The molecule has 0 aromatic rings. The van der Waals surface area contributed by atoms with E-state index in [0.717, 1.165) is 38.0 Å². The van der Waals surface area contributed by atoms with Gasteiger partial charge in [-0.3, -0.25) is 0 Å². The smallest absolute Gasteiger partial charge is 0.316 e. The Morgan fingerprint density at radius 3 is 1.70 bits per heavy atom. The lowest BCUT2D eigenvalue weighted by molar-refractivity contribution is -0.284. The first-order valence-electron chi connectivity index (χ1n) is 8.07. The lowest BCUT2D eigenvalue weighted by Gasteiger charge is -2.19. The highest BCUT2D eigenvalue weighted by Gasteiger charge is 2.56. The fraction of sp³-hybridized carbons (Fsp3) is 1.00. The quantitative estimate of drug-likeness (QED) is 0.141. The van der Waals surface area contributed by atoms with Gasteiger partial charge in [0.2, 0.25) is 0 Å². The zero-order valence-corrected chi connectivity index (χ0v) is 16.3. The third-order valence-corrected chi connectivity index (χ3v) is 5.05. The van der Waals surface area contributed by atoms with E-state index in [1.165, 1.54) is 37.4 Å². The fourth-order valence-corrected chi connectivity index (χ4v) is 3.33. The summed E-state index contributed by atoms with van der Waals surface area (Å²) in [7, 11) is 0. The molecule has 0 atom stereocenters. The largest absolute Gasteiger partial charge is 0.453 e. The number of thioether (sulfide) groups is 1.